The molecule has 1 aliphatic carbocycles. The van der Waals surface area contributed by atoms with E-state index in [1.807, 2.05) is 0 Å². The molecule has 2 aromatic rings. The highest BCUT2D eigenvalue weighted by atomic mass is 35.5. The highest BCUT2D eigenvalue weighted by molar-refractivity contribution is 6.33. The molecule has 2 fully saturated rings. The van der Waals surface area contributed by atoms with E-state index in [1.54, 1.807) is 29.7 Å². The lowest BCUT2D eigenvalue weighted by molar-refractivity contribution is 0.0531. The summed E-state index contributed by atoms with van der Waals surface area (Å²) in [5.41, 5.74) is 0.371. The van der Waals surface area contributed by atoms with Gasteiger partial charge in [0.25, 0.3) is 5.91 Å². The van der Waals surface area contributed by atoms with Crippen LogP contribution in [0.3, 0.4) is 0 Å². The quantitative estimate of drug-likeness (QED) is 0.274. The number of nitrogens with zero attached hydrogens (tertiary/aromatic N) is 3. The van der Waals surface area contributed by atoms with E-state index in [0.29, 0.717) is 31.1 Å². The first-order chi connectivity index (χ1) is 16.9. The summed E-state index contributed by atoms with van der Waals surface area (Å²) >= 11 is 6.31. The van der Waals surface area contributed by atoms with Crippen LogP contribution in [0.15, 0.2) is 23.0 Å². The number of nitrogens with one attached hydrogen (secondary N) is 2. The predicted molar refractivity (Wildman–Crippen MR) is 134 cm³/mol. The van der Waals surface area contributed by atoms with Gasteiger partial charge in [-0.25, -0.2) is 4.79 Å². The Hall–Kier alpha value is -2.20. The molecule has 4 rings (SSSR count). The fourth-order valence-corrected chi connectivity index (χ4v) is 5.14. The van der Waals surface area contributed by atoms with Gasteiger partial charge in [0.2, 0.25) is 0 Å². The first-order valence-electron chi connectivity index (χ1n) is 12.7. The summed E-state index contributed by atoms with van der Waals surface area (Å²) in [5, 5.41) is 21.2. The van der Waals surface area contributed by atoms with Crippen LogP contribution < -0.4 is 16.3 Å². The Bertz CT molecular complexity index is 1050. The minimum Gasteiger partial charge on any atom is -0.377 e. The Morgan fingerprint density at radius 3 is 2.77 bits per heavy atom. The SMILES string of the molecule is Cc1nn(-c2ccc(Cl)c(C(=O)NC(O)C3CCCCCC3)c2)c(=O)n1CCCOC1CCNC1. The number of amides is 1. The van der Waals surface area contributed by atoms with Crippen LogP contribution in [0.25, 0.3) is 5.69 Å². The second-order valence-electron chi connectivity index (χ2n) is 9.57. The van der Waals surface area contributed by atoms with Crippen LogP contribution in [0.5, 0.6) is 0 Å². The van der Waals surface area contributed by atoms with Crippen LogP contribution in [-0.2, 0) is 11.3 Å². The molecule has 3 N–H and O–H groups in total. The molecule has 0 radical (unpaired) electrons. The molecule has 9 nitrogen and oxygen atoms in total. The fraction of sp³-hybridized carbons (Fsp3) is 0.640. The number of aliphatic hydroxyl groups is 1. The summed E-state index contributed by atoms with van der Waals surface area (Å²) in [7, 11) is 0. The van der Waals surface area contributed by atoms with Gasteiger partial charge in [0, 0.05) is 25.6 Å². The zero-order valence-corrected chi connectivity index (χ0v) is 21.1. The predicted octanol–water partition coefficient (Wildman–Crippen LogP) is 2.78. The van der Waals surface area contributed by atoms with E-state index in [2.05, 4.69) is 15.7 Å². The number of carbonyl (C=O) groups excluding carboxylic acids is 1. The van der Waals surface area contributed by atoms with E-state index < -0.39 is 12.1 Å². The van der Waals surface area contributed by atoms with Gasteiger partial charge in [0.1, 0.15) is 12.1 Å². The van der Waals surface area contributed by atoms with Crippen molar-refractivity contribution in [2.24, 2.45) is 5.92 Å². The monoisotopic (exact) mass is 505 g/mol. The number of aliphatic hydroxyl groups excluding tert-OH is 1. The van der Waals surface area contributed by atoms with Gasteiger partial charge in [-0.3, -0.25) is 9.36 Å². The first kappa shape index (κ1) is 25.9. The van der Waals surface area contributed by atoms with Crippen molar-refractivity contribution in [2.45, 2.75) is 77.2 Å². The van der Waals surface area contributed by atoms with Gasteiger partial charge in [-0.1, -0.05) is 37.3 Å². The van der Waals surface area contributed by atoms with Crippen LogP contribution in [0.2, 0.25) is 5.02 Å². The maximum absolute atomic E-state index is 13.1. The summed E-state index contributed by atoms with van der Waals surface area (Å²) in [4.78, 5) is 26.0. The summed E-state index contributed by atoms with van der Waals surface area (Å²) in [5.74, 6) is 0.164. The molecule has 1 aliphatic heterocycles. The fourth-order valence-electron chi connectivity index (χ4n) is 4.94. The molecular formula is C25H36ClN5O4. The Morgan fingerprint density at radius 1 is 1.29 bits per heavy atom. The number of benzene rings is 1. The molecule has 1 saturated carbocycles. The molecule has 1 aromatic heterocycles. The molecule has 1 aromatic carbocycles. The molecule has 2 aliphatic rings. The van der Waals surface area contributed by atoms with Crippen molar-refractivity contribution in [2.75, 3.05) is 19.7 Å². The minimum absolute atomic E-state index is 0.0401. The number of carbonyl (C=O) groups is 1. The van der Waals surface area contributed by atoms with Gasteiger partial charge in [0.05, 0.1) is 22.4 Å². The van der Waals surface area contributed by atoms with Crippen molar-refractivity contribution in [1.82, 2.24) is 25.0 Å². The Kier molecular flexibility index (Phi) is 8.99. The van der Waals surface area contributed by atoms with Crippen LogP contribution in [-0.4, -0.2) is 57.4 Å². The highest BCUT2D eigenvalue weighted by Gasteiger charge is 2.24. The lowest BCUT2D eigenvalue weighted by Crippen LogP contribution is -2.40. The van der Waals surface area contributed by atoms with Crippen molar-refractivity contribution < 1.29 is 14.6 Å². The lowest BCUT2D eigenvalue weighted by atomic mass is 9.98. The number of aryl methyl sites for hydroxylation is 1. The van der Waals surface area contributed by atoms with Gasteiger partial charge >= 0.3 is 5.69 Å². The van der Waals surface area contributed by atoms with Gasteiger partial charge in [-0.05, 0) is 57.4 Å². The minimum atomic E-state index is -0.924. The van der Waals surface area contributed by atoms with E-state index in [0.717, 1.165) is 58.0 Å². The normalized spacial score (nSPS) is 20.0. The zero-order chi connectivity index (χ0) is 24.8. The number of halogens is 1. The molecule has 2 atom stereocenters. The summed E-state index contributed by atoms with van der Waals surface area (Å²) < 4.78 is 8.74. The van der Waals surface area contributed by atoms with Gasteiger partial charge in [-0.15, -0.1) is 0 Å². The van der Waals surface area contributed by atoms with Gasteiger partial charge in [-0.2, -0.15) is 9.78 Å². The van der Waals surface area contributed by atoms with Crippen LogP contribution >= 0.6 is 11.6 Å². The standard InChI is InChI=1S/C25H36ClN5O4/c1-17-29-31(25(34)30(17)13-6-14-35-20-11-12-27-16-20)19-9-10-22(26)21(15-19)24(33)28-23(32)18-7-4-2-3-5-8-18/h9-10,15,18,20,23,27,32H,2-8,11-14,16H2,1H3,(H,28,33). The Balaban J connectivity index is 1.43. The van der Waals surface area contributed by atoms with Crippen molar-refractivity contribution in [3.8, 4) is 5.69 Å². The summed E-state index contributed by atoms with van der Waals surface area (Å²) in [6.45, 7) is 4.72. The number of hydrogen-bond acceptors (Lipinski definition) is 6. The van der Waals surface area contributed by atoms with E-state index in [-0.39, 0.29) is 28.3 Å². The van der Waals surface area contributed by atoms with Gasteiger partial charge < -0.3 is 20.5 Å². The van der Waals surface area contributed by atoms with E-state index >= 15 is 0 Å². The molecular weight excluding hydrogens is 470 g/mol. The number of ether oxygens (including phenoxy) is 1. The van der Waals surface area contributed by atoms with Crippen molar-refractivity contribution in [3.63, 3.8) is 0 Å². The average molecular weight is 506 g/mol. The molecule has 192 valence electrons. The highest BCUT2D eigenvalue weighted by Crippen LogP contribution is 2.25. The number of rotatable bonds is 9. The second kappa shape index (κ2) is 12.2. The maximum atomic E-state index is 13.1. The molecule has 0 bridgehead atoms. The van der Waals surface area contributed by atoms with Crippen molar-refractivity contribution >= 4 is 17.5 Å². The average Bonchev–Trinajstić information content (AvgIpc) is 3.34. The number of hydrogen-bond donors (Lipinski definition) is 3. The summed E-state index contributed by atoms with van der Waals surface area (Å²) in [6.07, 6.45) is 7.27. The molecule has 2 heterocycles. The third-order valence-corrected chi connectivity index (χ3v) is 7.34. The topological polar surface area (TPSA) is 110 Å². The smallest absolute Gasteiger partial charge is 0.350 e. The molecule has 35 heavy (non-hydrogen) atoms. The van der Waals surface area contributed by atoms with Crippen LogP contribution in [0.4, 0.5) is 0 Å². The molecule has 1 amide bonds. The Labute approximate surface area is 210 Å². The third-order valence-electron chi connectivity index (χ3n) is 7.01. The second-order valence-corrected chi connectivity index (χ2v) is 9.97. The third kappa shape index (κ3) is 6.52. The van der Waals surface area contributed by atoms with E-state index in [9.17, 15) is 14.7 Å². The summed E-state index contributed by atoms with van der Waals surface area (Å²) in [6, 6.07) is 4.79. The number of aromatic nitrogens is 3. The van der Waals surface area contributed by atoms with E-state index in [4.69, 9.17) is 16.3 Å². The lowest BCUT2D eigenvalue weighted by Gasteiger charge is -2.22. The molecule has 0 spiro atoms. The molecule has 2 unspecified atom stereocenters. The Morgan fingerprint density at radius 2 is 2.06 bits per heavy atom. The van der Waals surface area contributed by atoms with Crippen molar-refractivity contribution in [1.29, 1.82) is 0 Å². The van der Waals surface area contributed by atoms with Crippen LogP contribution in [0, 0.1) is 12.8 Å². The maximum Gasteiger partial charge on any atom is 0.350 e. The molecule has 10 heteroatoms. The van der Waals surface area contributed by atoms with Gasteiger partial charge in [0.15, 0.2) is 0 Å². The van der Waals surface area contributed by atoms with E-state index in [1.165, 1.54) is 4.68 Å². The largest absolute Gasteiger partial charge is 0.377 e. The zero-order valence-electron chi connectivity index (χ0n) is 20.3. The molecule has 1 saturated heterocycles. The van der Waals surface area contributed by atoms with Crippen molar-refractivity contribution in [3.05, 3.63) is 45.1 Å². The van der Waals surface area contributed by atoms with Crippen LogP contribution in [0.1, 0.15) is 67.5 Å². The first-order valence-corrected chi connectivity index (χ1v) is 13.1.